The normalized spacial score (nSPS) is 16.9. The van der Waals surface area contributed by atoms with Crippen LogP contribution in [0.25, 0.3) is 0 Å². The van der Waals surface area contributed by atoms with Gasteiger partial charge in [0.25, 0.3) is 0 Å². The molecule has 0 aromatic carbocycles. The number of nitrogens with two attached hydrogens (primary N) is 1. The number of nitrogen functional groups attached to an aromatic ring is 1. The molecular weight excluding hydrogens is 241 g/mol. The van der Waals surface area contributed by atoms with Gasteiger partial charge in [0.1, 0.15) is 0 Å². The van der Waals surface area contributed by atoms with E-state index in [0.717, 1.165) is 13.1 Å². The smallest absolute Gasteiger partial charge is 0.180 e. The molecule has 1 aliphatic heterocycles. The van der Waals surface area contributed by atoms with Crippen molar-refractivity contribution in [2.75, 3.05) is 18.8 Å². The van der Waals surface area contributed by atoms with Gasteiger partial charge in [-0.15, -0.1) is 36.2 Å². The van der Waals surface area contributed by atoms with Crippen LogP contribution in [0.4, 0.5) is 5.13 Å². The average molecular weight is 256 g/mol. The molecule has 3 nitrogen and oxygen atoms in total. The third-order valence-electron chi connectivity index (χ3n) is 2.30. The molecule has 6 heteroatoms. The zero-order valence-corrected chi connectivity index (χ0v) is 10.2. The number of anilines is 1. The van der Waals surface area contributed by atoms with Crippen molar-refractivity contribution in [1.29, 1.82) is 0 Å². The van der Waals surface area contributed by atoms with E-state index in [1.54, 1.807) is 11.3 Å². The number of rotatable bonds is 1. The van der Waals surface area contributed by atoms with E-state index in [1.165, 1.54) is 18.5 Å². The van der Waals surface area contributed by atoms with Crippen LogP contribution in [0.3, 0.4) is 0 Å². The van der Waals surface area contributed by atoms with E-state index < -0.39 is 0 Å². The van der Waals surface area contributed by atoms with E-state index in [0.29, 0.717) is 11.0 Å². The van der Waals surface area contributed by atoms with E-state index in [2.05, 4.69) is 15.7 Å². The molecule has 1 aromatic rings. The summed E-state index contributed by atoms with van der Waals surface area (Å²) in [7, 11) is 0. The minimum absolute atomic E-state index is 0. The Morgan fingerprint density at radius 2 is 2.00 bits per heavy atom. The van der Waals surface area contributed by atoms with E-state index in [9.17, 15) is 0 Å². The van der Waals surface area contributed by atoms with Crippen LogP contribution in [0.5, 0.6) is 0 Å². The van der Waals surface area contributed by atoms with Crippen molar-refractivity contribution >= 4 is 41.3 Å². The highest BCUT2D eigenvalue weighted by atomic mass is 35.5. The number of nitrogens with zero attached hydrogens (tertiary/aromatic N) is 1. The number of piperidine rings is 1. The molecule has 1 fully saturated rings. The van der Waals surface area contributed by atoms with Gasteiger partial charge in [-0.25, -0.2) is 4.98 Å². The molecule has 0 saturated carbocycles. The van der Waals surface area contributed by atoms with Crippen LogP contribution in [0.2, 0.25) is 0 Å². The Hall–Kier alpha value is -0.0300. The molecule has 2 rings (SSSR count). The Labute approximate surface area is 100 Å². The van der Waals surface area contributed by atoms with E-state index in [4.69, 9.17) is 5.73 Å². The highest BCUT2D eigenvalue weighted by Crippen LogP contribution is 2.26. The fourth-order valence-corrected chi connectivity index (χ4v) is 2.25. The van der Waals surface area contributed by atoms with E-state index >= 15 is 0 Å². The van der Waals surface area contributed by atoms with Crippen molar-refractivity contribution in [3.63, 3.8) is 0 Å². The van der Waals surface area contributed by atoms with Gasteiger partial charge in [-0.05, 0) is 25.9 Å². The number of hydrogen-bond acceptors (Lipinski definition) is 4. The predicted octanol–water partition coefficient (Wildman–Crippen LogP) is 2.04. The SMILES string of the molecule is Cl.Cl.Nc1nc(C2CCNCC2)cs1. The fraction of sp³-hybridized carbons (Fsp3) is 0.625. The molecule has 0 bridgehead atoms. The van der Waals surface area contributed by atoms with Crippen LogP contribution in [-0.4, -0.2) is 18.1 Å². The Morgan fingerprint density at radius 3 is 2.50 bits per heavy atom. The van der Waals surface area contributed by atoms with Gasteiger partial charge in [0, 0.05) is 11.3 Å². The summed E-state index contributed by atoms with van der Waals surface area (Å²) in [5.41, 5.74) is 6.77. The van der Waals surface area contributed by atoms with Crippen LogP contribution in [0, 0.1) is 0 Å². The molecule has 3 N–H and O–H groups in total. The summed E-state index contributed by atoms with van der Waals surface area (Å²) >= 11 is 1.54. The second kappa shape index (κ2) is 6.45. The van der Waals surface area contributed by atoms with Crippen LogP contribution < -0.4 is 11.1 Å². The summed E-state index contributed by atoms with van der Waals surface area (Å²) in [4.78, 5) is 4.30. The maximum atomic E-state index is 5.58. The lowest BCUT2D eigenvalue weighted by molar-refractivity contribution is 0.455. The van der Waals surface area contributed by atoms with Crippen LogP contribution in [0.1, 0.15) is 24.5 Å². The summed E-state index contributed by atoms with van der Waals surface area (Å²) in [5.74, 6) is 0.639. The maximum absolute atomic E-state index is 5.58. The molecule has 0 atom stereocenters. The molecule has 1 aromatic heterocycles. The van der Waals surface area contributed by atoms with Crippen molar-refractivity contribution in [2.45, 2.75) is 18.8 Å². The molecular formula is C8H15Cl2N3S. The summed E-state index contributed by atoms with van der Waals surface area (Å²) in [6.07, 6.45) is 2.40. The molecule has 82 valence electrons. The minimum atomic E-state index is 0. The molecule has 14 heavy (non-hydrogen) atoms. The first-order chi connectivity index (χ1) is 5.86. The van der Waals surface area contributed by atoms with Crippen molar-refractivity contribution in [2.24, 2.45) is 0 Å². The zero-order chi connectivity index (χ0) is 8.39. The minimum Gasteiger partial charge on any atom is -0.375 e. The van der Waals surface area contributed by atoms with Crippen LogP contribution >= 0.6 is 36.2 Å². The predicted molar refractivity (Wildman–Crippen MR) is 65.9 cm³/mol. The lowest BCUT2D eigenvalue weighted by Crippen LogP contribution is -2.26. The lowest BCUT2D eigenvalue weighted by Gasteiger charge is -2.20. The van der Waals surface area contributed by atoms with Crippen LogP contribution in [-0.2, 0) is 0 Å². The average Bonchev–Trinajstić information content (AvgIpc) is 2.54. The van der Waals surface area contributed by atoms with Gasteiger partial charge >= 0.3 is 0 Å². The molecule has 1 aliphatic rings. The van der Waals surface area contributed by atoms with Gasteiger partial charge in [0.2, 0.25) is 0 Å². The van der Waals surface area contributed by atoms with Crippen molar-refractivity contribution < 1.29 is 0 Å². The number of thiazole rings is 1. The molecule has 0 aliphatic carbocycles. The molecule has 2 heterocycles. The molecule has 0 amide bonds. The first kappa shape index (κ1) is 14.0. The Kier molecular flexibility index (Phi) is 6.44. The van der Waals surface area contributed by atoms with Gasteiger partial charge in [-0.1, -0.05) is 0 Å². The Bertz CT molecular complexity index is 261. The third-order valence-corrected chi connectivity index (χ3v) is 2.99. The summed E-state index contributed by atoms with van der Waals surface area (Å²) < 4.78 is 0. The van der Waals surface area contributed by atoms with Crippen molar-refractivity contribution in [3.05, 3.63) is 11.1 Å². The van der Waals surface area contributed by atoms with Crippen LogP contribution in [0.15, 0.2) is 5.38 Å². The molecule has 0 radical (unpaired) electrons. The van der Waals surface area contributed by atoms with Gasteiger partial charge in [0.05, 0.1) is 5.69 Å². The summed E-state index contributed by atoms with van der Waals surface area (Å²) in [6, 6.07) is 0. The van der Waals surface area contributed by atoms with Crippen molar-refractivity contribution in [3.8, 4) is 0 Å². The largest absolute Gasteiger partial charge is 0.375 e. The second-order valence-electron chi connectivity index (χ2n) is 3.13. The van der Waals surface area contributed by atoms with E-state index in [-0.39, 0.29) is 24.8 Å². The zero-order valence-electron chi connectivity index (χ0n) is 7.73. The number of hydrogen-bond donors (Lipinski definition) is 2. The first-order valence-corrected chi connectivity index (χ1v) is 5.16. The third kappa shape index (κ3) is 3.28. The highest BCUT2D eigenvalue weighted by Gasteiger charge is 2.17. The van der Waals surface area contributed by atoms with Gasteiger partial charge in [-0.2, -0.15) is 0 Å². The Morgan fingerprint density at radius 1 is 1.36 bits per heavy atom. The summed E-state index contributed by atoms with van der Waals surface area (Å²) in [6.45, 7) is 2.23. The monoisotopic (exact) mass is 255 g/mol. The van der Waals surface area contributed by atoms with Gasteiger partial charge < -0.3 is 11.1 Å². The topological polar surface area (TPSA) is 50.9 Å². The first-order valence-electron chi connectivity index (χ1n) is 4.28. The molecule has 0 unspecified atom stereocenters. The standard InChI is InChI=1S/C8H13N3S.2ClH/c9-8-11-7(5-12-8)6-1-3-10-4-2-6;;/h5-6,10H,1-4H2,(H2,9,11);2*1H. The lowest BCUT2D eigenvalue weighted by atomic mass is 9.96. The van der Waals surface area contributed by atoms with Gasteiger partial charge in [0.15, 0.2) is 5.13 Å². The number of nitrogens with one attached hydrogen (secondary N) is 1. The van der Waals surface area contributed by atoms with E-state index in [1.807, 2.05) is 0 Å². The quantitative estimate of drug-likeness (QED) is 0.808. The van der Waals surface area contributed by atoms with Crippen molar-refractivity contribution in [1.82, 2.24) is 10.3 Å². The highest BCUT2D eigenvalue weighted by molar-refractivity contribution is 7.13. The number of aromatic nitrogens is 1. The fourth-order valence-electron chi connectivity index (χ4n) is 1.61. The molecule has 1 saturated heterocycles. The van der Waals surface area contributed by atoms with Gasteiger partial charge in [-0.3, -0.25) is 0 Å². The maximum Gasteiger partial charge on any atom is 0.180 e. The molecule has 0 spiro atoms. The second-order valence-corrected chi connectivity index (χ2v) is 4.02. The summed E-state index contributed by atoms with van der Waals surface area (Å²) in [5, 5.41) is 6.12. The number of halogens is 2. The Balaban J connectivity index is 0.000000845.